The number of aryl methyl sites for hydroxylation is 2. The van der Waals surface area contributed by atoms with Gasteiger partial charge in [-0.1, -0.05) is 19.1 Å². The van der Waals surface area contributed by atoms with E-state index in [1.165, 1.54) is 23.9 Å². The van der Waals surface area contributed by atoms with E-state index in [2.05, 4.69) is 10.6 Å². The third-order valence-electron chi connectivity index (χ3n) is 4.77. The van der Waals surface area contributed by atoms with Crippen molar-refractivity contribution in [3.05, 3.63) is 47.5 Å². The van der Waals surface area contributed by atoms with Crippen LogP contribution in [0.2, 0.25) is 0 Å². The summed E-state index contributed by atoms with van der Waals surface area (Å²) in [5.74, 6) is -0.293. The van der Waals surface area contributed by atoms with Crippen molar-refractivity contribution in [3.63, 3.8) is 0 Å². The molecule has 1 aliphatic rings. The summed E-state index contributed by atoms with van der Waals surface area (Å²) in [7, 11) is -3.66. The Morgan fingerprint density at radius 2 is 1.97 bits per heavy atom. The molecule has 2 N–H and O–H groups in total. The largest absolute Gasteiger partial charge is 0.326 e. The van der Waals surface area contributed by atoms with Crippen LogP contribution >= 0.6 is 11.8 Å². The number of amides is 2. The Kier molecular flexibility index (Phi) is 6.33. The quantitative estimate of drug-likeness (QED) is 0.750. The van der Waals surface area contributed by atoms with Gasteiger partial charge in [-0.25, -0.2) is 8.42 Å². The highest BCUT2D eigenvalue weighted by Crippen LogP contribution is 2.34. The Labute approximate surface area is 175 Å². The van der Waals surface area contributed by atoms with Crippen LogP contribution in [0.1, 0.15) is 24.5 Å². The molecule has 2 aromatic rings. The second-order valence-corrected chi connectivity index (χ2v) is 10.5. The molecule has 3 rings (SSSR count). The minimum Gasteiger partial charge on any atom is -0.326 e. The first-order valence-corrected chi connectivity index (χ1v) is 12.0. The van der Waals surface area contributed by atoms with Crippen LogP contribution in [0.25, 0.3) is 0 Å². The van der Waals surface area contributed by atoms with Crippen LogP contribution in [0.4, 0.5) is 11.4 Å². The number of anilines is 2. The van der Waals surface area contributed by atoms with Crippen molar-refractivity contribution in [1.29, 1.82) is 0 Å². The normalized spacial score (nSPS) is 16.5. The van der Waals surface area contributed by atoms with Crippen molar-refractivity contribution in [3.8, 4) is 0 Å². The Hall–Kier alpha value is -2.32. The zero-order valence-corrected chi connectivity index (χ0v) is 18.2. The van der Waals surface area contributed by atoms with Crippen LogP contribution in [0.15, 0.2) is 46.2 Å². The van der Waals surface area contributed by atoms with E-state index in [4.69, 9.17) is 0 Å². The highest BCUT2D eigenvalue weighted by Gasteiger charge is 2.23. The van der Waals surface area contributed by atoms with E-state index in [0.717, 1.165) is 16.0 Å². The molecule has 0 fully saturated rings. The predicted octanol–water partition coefficient (Wildman–Crippen LogP) is 3.79. The molecule has 1 atom stereocenters. The molecule has 0 spiro atoms. The number of sulfone groups is 1. The highest BCUT2D eigenvalue weighted by molar-refractivity contribution is 7.99. The zero-order chi connectivity index (χ0) is 21.2. The van der Waals surface area contributed by atoms with Gasteiger partial charge in [-0.05, 0) is 49.2 Å². The Balaban J connectivity index is 1.70. The van der Waals surface area contributed by atoms with Crippen LogP contribution in [-0.4, -0.2) is 31.7 Å². The van der Waals surface area contributed by atoms with Crippen molar-refractivity contribution < 1.29 is 18.0 Å². The lowest BCUT2D eigenvalue weighted by atomic mass is 10.1. The van der Waals surface area contributed by atoms with Gasteiger partial charge in [0.05, 0.1) is 16.3 Å². The Bertz CT molecular complexity index is 1060. The van der Waals surface area contributed by atoms with Gasteiger partial charge in [0.25, 0.3) is 0 Å². The lowest BCUT2D eigenvalue weighted by Gasteiger charge is -2.11. The highest BCUT2D eigenvalue weighted by atomic mass is 32.2. The van der Waals surface area contributed by atoms with Gasteiger partial charge < -0.3 is 10.6 Å². The van der Waals surface area contributed by atoms with Crippen LogP contribution in [0.3, 0.4) is 0 Å². The number of thioether (sulfide) groups is 1. The number of hydrogen-bond donors (Lipinski definition) is 2. The smallest absolute Gasteiger partial charge is 0.228 e. The molecule has 8 heteroatoms. The van der Waals surface area contributed by atoms with Gasteiger partial charge in [0.2, 0.25) is 11.8 Å². The summed E-state index contributed by atoms with van der Waals surface area (Å²) in [4.78, 5) is 25.3. The first-order chi connectivity index (χ1) is 13.7. The minimum absolute atomic E-state index is 0.103. The number of rotatable bonds is 5. The molecule has 0 saturated heterocycles. The third kappa shape index (κ3) is 5.19. The number of carbonyl (C=O) groups is 2. The summed E-state index contributed by atoms with van der Waals surface area (Å²) in [6.45, 7) is 5.64. The molecule has 1 unspecified atom stereocenters. The lowest BCUT2D eigenvalue weighted by Crippen LogP contribution is -2.20. The van der Waals surface area contributed by atoms with Crippen LogP contribution < -0.4 is 10.6 Å². The minimum atomic E-state index is -3.66. The molecule has 1 aliphatic heterocycles. The fourth-order valence-corrected chi connectivity index (χ4v) is 5.17. The Morgan fingerprint density at radius 3 is 2.72 bits per heavy atom. The molecule has 6 nitrogen and oxygen atoms in total. The summed E-state index contributed by atoms with van der Waals surface area (Å²) in [5.41, 5.74) is 3.12. The van der Waals surface area contributed by atoms with E-state index in [9.17, 15) is 18.0 Å². The van der Waals surface area contributed by atoms with Crippen molar-refractivity contribution >= 4 is 44.8 Å². The summed E-state index contributed by atoms with van der Waals surface area (Å²) in [5, 5.41) is 5.57. The average molecular weight is 433 g/mol. The maximum atomic E-state index is 12.7. The second kappa shape index (κ2) is 8.59. The molecular formula is C21H24N2O4S2. The van der Waals surface area contributed by atoms with Crippen molar-refractivity contribution in [2.24, 2.45) is 5.92 Å². The van der Waals surface area contributed by atoms with Crippen LogP contribution in [0, 0.1) is 19.8 Å². The zero-order valence-electron chi connectivity index (χ0n) is 16.6. The molecule has 1 heterocycles. The molecular weight excluding hydrogens is 408 g/mol. The van der Waals surface area contributed by atoms with Crippen molar-refractivity contribution in [1.82, 2.24) is 0 Å². The molecule has 0 saturated carbocycles. The fraction of sp³-hybridized carbons (Fsp3) is 0.333. The lowest BCUT2D eigenvalue weighted by molar-refractivity contribution is -0.118. The van der Waals surface area contributed by atoms with Gasteiger partial charge >= 0.3 is 0 Å². The summed E-state index contributed by atoms with van der Waals surface area (Å²) in [6, 6.07) is 10.4. The summed E-state index contributed by atoms with van der Waals surface area (Å²) < 4.78 is 25.5. The topological polar surface area (TPSA) is 92.3 Å². The number of nitrogens with one attached hydrogen (secondary N) is 2. The van der Waals surface area contributed by atoms with Gasteiger partial charge in [-0.15, -0.1) is 11.8 Å². The molecule has 2 amide bonds. The van der Waals surface area contributed by atoms with Crippen molar-refractivity contribution in [2.45, 2.75) is 37.0 Å². The third-order valence-corrected chi connectivity index (χ3v) is 7.82. The van der Waals surface area contributed by atoms with Gasteiger partial charge in [-0.3, -0.25) is 9.59 Å². The van der Waals surface area contributed by atoms with Gasteiger partial charge in [-0.2, -0.15) is 0 Å². The van der Waals surface area contributed by atoms with Crippen LogP contribution in [0.5, 0.6) is 0 Å². The Morgan fingerprint density at radius 1 is 1.21 bits per heavy atom. The second-order valence-electron chi connectivity index (χ2n) is 7.29. The van der Waals surface area contributed by atoms with Crippen molar-refractivity contribution in [2.75, 3.05) is 22.1 Å². The number of carbonyl (C=O) groups excluding carboxylic acids is 2. The fourth-order valence-electron chi connectivity index (χ4n) is 2.90. The predicted molar refractivity (Wildman–Crippen MR) is 116 cm³/mol. The van der Waals surface area contributed by atoms with Crippen LogP contribution in [-0.2, 0) is 19.4 Å². The van der Waals surface area contributed by atoms with Gasteiger partial charge in [0, 0.05) is 28.7 Å². The first kappa shape index (κ1) is 21.4. The molecule has 0 aromatic heterocycles. The molecule has 0 bridgehead atoms. The van der Waals surface area contributed by atoms with E-state index in [-0.39, 0.29) is 34.8 Å². The standard InChI is InChI=1S/C21H24N2O4S2/c1-13-4-5-14(2)17(10-13)22-20(24)8-9-29(26,27)16-6-7-19-18(11-16)23-21(25)15(3)12-28-19/h4-7,10-11,15H,8-9,12H2,1-3H3,(H,22,24)(H,23,25). The maximum Gasteiger partial charge on any atom is 0.228 e. The molecule has 29 heavy (non-hydrogen) atoms. The molecule has 2 aromatic carbocycles. The van der Waals surface area contributed by atoms with E-state index < -0.39 is 9.84 Å². The maximum absolute atomic E-state index is 12.7. The number of benzene rings is 2. The molecule has 154 valence electrons. The average Bonchev–Trinajstić information content (AvgIpc) is 2.81. The van der Waals surface area contributed by atoms with E-state index in [1.807, 2.05) is 39.0 Å². The van der Waals surface area contributed by atoms with E-state index >= 15 is 0 Å². The first-order valence-electron chi connectivity index (χ1n) is 9.33. The van der Waals surface area contributed by atoms with E-state index in [0.29, 0.717) is 17.1 Å². The number of fused-ring (bicyclic) bond motifs is 1. The molecule has 0 radical (unpaired) electrons. The van der Waals surface area contributed by atoms with Gasteiger partial charge in [0.15, 0.2) is 9.84 Å². The summed E-state index contributed by atoms with van der Waals surface area (Å²) >= 11 is 1.52. The monoisotopic (exact) mass is 432 g/mol. The van der Waals surface area contributed by atoms with Gasteiger partial charge in [0.1, 0.15) is 0 Å². The molecule has 0 aliphatic carbocycles. The number of hydrogen-bond acceptors (Lipinski definition) is 5. The van der Waals surface area contributed by atoms with E-state index in [1.54, 1.807) is 6.07 Å². The summed E-state index contributed by atoms with van der Waals surface area (Å²) in [6.07, 6.45) is -0.148. The SMILES string of the molecule is Cc1ccc(C)c(NC(=O)CCS(=O)(=O)c2ccc3c(c2)NC(=O)C(C)CS3)c1.